The number of aromatic amines is 1. The summed E-state index contributed by atoms with van der Waals surface area (Å²) in [7, 11) is 0. The second-order valence-corrected chi connectivity index (χ2v) is 7.51. The van der Waals surface area contributed by atoms with Gasteiger partial charge in [-0.15, -0.1) is 0 Å². The second kappa shape index (κ2) is 7.62. The molecule has 138 valence electrons. The van der Waals surface area contributed by atoms with E-state index in [0.29, 0.717) is 6.04 Å². The molecule has 1 unspecified atom stereocenters. The van der Waals surface area contributed by atoms with Crippen molar-refractivity contribution in [3.05, 3.63) is 52.8 Å². The zero-order valence-electron chi connectivity index (χ0n) is 15.6. The fourth-order valence-electron chi connectivity index (χ4n) is 4.39. The highest BCUT2D eigenvalue weighted by molar-refractivity contribution is 5.95. The van der Waals surface area contributed by atoms with Gasteiger partial charge >= 0.3 is 0 Å². The quantitative estimate of drug-likeness (QED) is 0.920. The van der Waals surface area contributed by atoms with Crippen LogP contribution >= 0.6 is 0 Å². The van der Waals surface area contributed by atoms with Crippen LogP contribution in [-0.2, 0) is 19.3 Å². The van der Waals surface area contributed by atoms with Crippen molar-refractivity contribution in [1.82, 2.24) is 20.0 Å². The number of carbonyl (C=O) groups is 1. The molecule has 1 aromatic heterocycles. The summed E-state index contributed by atoms with van der Waals surface area (Å²) in [5, 5.41) is 7.07. The Labute approximate surface area is 155 Å². The molecule has 1 saturated heterocycles. The van der Waals surface area contributed by atoms with Gasteiger partial charge in [-0.1, -0.05) is 37.6 Å². The summed E-state index contributed by atoms with van der Waals surface area (Å²) in [6.07, 6.45) is 7.13. The van der Waals surface area contributed by atoms with Crippen LogP contribution in [0, 0.1) is 0 Å². The molecular formula is C21H28N4O. The van der Waals surface area contributed by atoms with E-state index in [-0.39, 0.29) is 5.91 Å². The molecule has 2 aromatic rings. The standard InChI is InChI=1S/C21H28N4O/c1-2-5-20-19(15-22-23-20)21(26)25-12-10-24(11-13-25)18-9-8-16-6-3-4-7-17(16)14-18/h3-4,6-7,15,18H,2,5,8-14H2,1H3,(H,22,23). The van der Waals surface area contributed by atoms with Gasteiger partial charge in [-0.25, -0.2) is 0 Å². The third-order valence-corrected chi connectivity index (χ3v) is 5.89. The first-order valence-corrected chi connectivity index (χ1v) is 9.88. The SMILES string of the molecule is CCCc1[nH]ncc1C(=O)N1CCN(C2CCc3ccccc3C2)CC1. The Morgan fingerprint density at radius 3 is 2.73 bits per heavy atom. The van der Waals surface area contributed by atoms with E-state index in [1.165, 1.54) is 24.0 Å². The van der Waals surface area contributed by atoms with E-state index in [2.05, 4.69) is 46.3 Å². The van der Waals surface area contributed by atoms with E-state index in [9.17, 15) is 4.79 Å². The molecule has 1 fully saturated rings. The van der Waals surface area contributed by atoms with Crippen LogP contribution in [0.15, 0.2) is 30.5 Å². The van der Waals surface area contributed by atoms with E-state index in [1.807, 2.05) is 4.90 Å². The van der Waals surface area contributed by atoms with Gasteiger partial charge in [-0.3, -0.25) is 14.8 Å². The molecule has 0 bridgehead atoms. The molecule has 5 nitrogen and oxygen atoms in total. The number of hydrogen-bond donors (Lipinski definition) is 1. The lowest BCUT2D eigenvalue weighted by molar-refractivity contribution is 0.0552. The van der Waals surface area contributed by atoms with Crippen molar-refractivity contribution in [2.75, 3.05) is 26.2 Å². The van der Waals surface area contributed by atoms with Gasteiger partial charge in [-0.2, -0.15) is 5.10 Å². The van der Waals surface area contributed by atoms with E-state index < -0.39 is 0 Å². The van der Waals surface area contributed by atoms with Gasteiger partial charge in [0.2, 0.25) is 0 Å². The number of H-pyrrole nitrogens is 1. The average molecular weight is 352 g/mol. The van der Waals surface area contributed by atoms with Crippen molar-refractivity contribution in [2.45, 2.75) is 45.1 Å². The first-order valence-electron chi connectivity index (χ1n) is 9.88. The number of amides is 1. The molecular weight excluding hydrogens is 324 g/mol. The third kappa shape index (κ3) is 3.40. The van der Waals surface area contributed by atoms with Crippen molar-refractivity contribution in [2.24, 2.45) is 0 Å². The Hall–Kier alpha value is -2.14. The van der Waals surface area contributed by atoms with Crippen LogP contribution in [0.2, 0.25) is 0 Å². The number of benzene rings is 1. The minimum atomic E-state index is 0.135. The number of aromatic nitrogens is 2. The Kier molecular flexibility index (Phi) is 5.07. The molecule has 1 atom stereocenters. The summed E-state index contributed by atoms with van der Waals surface area (Å²) in [5.74, 6) is 0.135. The largest absolute Gasteiger partial charge is 0.336 e. The van der Waals surface area contributed by atoms with Crippen LogP contribution in [-0.4, -0.2) is 58.1 Å². The number of piperazine rings is 1. The Bertz CT molecular complexity index is 761. The Balaban J connectivity index is 1.36. The average Bonchev–Trinajstić information content (AvgIpc) is 3.16. The normalized spacial score (nSPS) is 20.8. The van der Waals surface area contributed by atoms with Gasteiger partial charge in [0.1, 0.15) is 0 Å². The maximum atomic E-state index is 12.9. The number of nitrogens with zero attached hydrogens (tertiary/aromatic N) is 3. The maximum Gasteiger partial charge on any atom is 0.257 e. The molecule has 26 heavy (non-hydrogen) atoms. The summed E-state index contributed by atoms with van der Waals surface area (Å²) in [4.78, 5) is 17.4. The molecule has 1 aliphatic heterocycles. The predicted octanol–water partition coefficient (Wildman–Crippen LogP) is 2.68. The zero-order valence-corrected chi connectivity index (χ0v) is 15.6. The number of fused-ring (bicyclic) bond motifs is 1. The molecule has 4 rings (SSSR count). The fourth-order valence-corrected chi connectivity index (χ4v) is 4.39. The predicted molar refractivity (Wildman–Crippen MR) is 102 cm³/mol. The van der Waals surface area contributed by atoms with Gasteiger partial charge in [0.15, 0.2) is 0 Å². The van der Waals surface area contributed by atoms with Crippen LogP contribution in [0.1, 0.15) is 46.9 Å². The number of hydrogen-bond acceptors (Lipinski definition) is 3. The van der Waals surface area contributed by atoms with E-state index in [0.717, 1.165) is 56.7 Å². The van der Waals surface area contributed by atoms with Gasteiger partial charge < -0.3 is 4.90 Å². The number of carbonyl (C=O) groups excluding carboxylic acids is 1. The molecule has 1 aromatic carbocycles. The molecule has 1 amide bonds. The van der Waals surface area contributed by atoms with Crippen LogP contribution in [0.5, 0.6) is 0 Å². The monoisotopic (exact) mass is 352 g/mol. The molecule has 2 heterocycles. The highest BCUT2D eigenvalue weighted by atomic mass is 16.2. The molecule has 1 aliphatic carbocycles. The molecule has 0 radical (unpaired) electrons. The van der Waals surface area contributed by atoms with Crippen molar-refractivity contribution in [3.63, 3.8) is 0 Å². The summed E-state index contributed by atoms with van der Waals surface area (Å²) in [6.45, 7) is 5.69. The third-order valence-electron chi connectivity index (χ3n) is 5.89. The molecule has 5 heteroatoms. The van der Waals surface area contributed by atoms with Gasteiger partial charge in [0.25, 0.3) is 5.91 Å². The summed E-state index contributed by atoms with van der Waals surface area (Å²) in [5.41, 5.74) is 4.75. The summed E-state index contributed by atoms with van der Waals surface area (Å²) in [6, 6.07) is 9.45. The van der Waals surface area contributed by atoms with Crippen LogP contribution in [0.3, 0.4) is 0 Å². The van der Waals surface area contributed by atoms with Crippen molar-refractivity contribution in [1.29, 1.82) is 0 Å². The second-order valence-electron chi connectivity index (χ2n) is 7.51. The van der Waals surface area contributed by atoms with Crippen LogP contribution in [0.25, 0.3) is 0 Å². The molecule has 0 saturated carbocycles. The molecule has 0 spiro atoms. The summed E-state index contributed by atoms with van der Waals surface area (Å²) >= 11 is 0. The first-order chi connectivity index (χ1) is 12.8. The lowest BCUT2D eigenvalue weighted by atomic mass is 9.87. The lowest BCUT2D eigenvalue weighted by Gasteiger charge is -2.41. The highest BCUT2D eigenvalue weighted by Gasteiger charge is 2.29. The minimum absolute atomic E-state index is 0.135. The number of nitrogens with one attached hydrogen (secondary N) is 1. The van der Waals surface area contributed by atoms with Crippen LogP contribution in [0.4, 0.5) is 0 Å². The number of aryl methyl sites for hydroxylation is 2. The van der Waals surface area contributed by atoms with E-state index >= 15 is 0 Å². The minimum Gasteiger partial charge on any atom is -0.336 e. The maximum absolute atomic E-state index is 12.9. The molecule has 1 N–H and O–H groups in total. The highest BCUT2D eigenvalue weighted by Crippen LogP contribution is 2.25. The van der Waals surface area contributed by atoms with Crippen molar-refractivity contribution < 1.29 is 4.79 Å². The number of rotatable bonds is 4. The van der Waals surface area contributed by atoms with Gasteiger partial charge in [0, 0.05) is 37.9 Å². The Morgan fingerprint density at radius 1 is 1.19 bits per heavy atom. The lowest BCUT2D eigenvalue weighted by Crippen LogP contribution is -2.53. The Morgan fingerprint density at radius 2 is 1.96 bits per heavy atom. The van der Waals surface area contributed by atoms with Crippen LogP contribution < -0.4 is 0 Å². The van der Waals surface area contributed by atoms with Gasteiger partial charge in [-0.05, 0) is 36.8 Å². The smallest absolute Gasteiger partial charge is 0.257 e. The zero-order chi connectivity index (χ0) is 17.9. The van der Waals surface area contributed by atoms with Gasteiger partial charge in [0.05, 0.1) is 11.8 Å². The van der Waals surface area contributed by atoms with Crippen molar-refractivity contribution >= 4 is 5.91 Å². The van der Waals surface area contributed by atoms with E-state index in [4.69, 9.17) is 0 Å². The first kappa shape index (κ1) is 17.3. The summed E-state index contributed by atoms with van der Waals surface area (Å²) < 4.78 is 0. The van der Waals surface area contributed by atoms with Crippen molar-refractivity contribution in [3.8, 4) is 0 Å². The van der Waals surface area contributed by atoms with E-state index in [1.54, 1.807) is 6.20 Å². The topological polar surface area (TPSA) is 52.2 Å². The molecule has 2 aliphatic rings. The fraction of sp³-hybridized carbons (Fsp3) is 0.524.